The number of benzene rings is 1. The number of nitriles is 1. The Kier molecular flexibility index (Phi) is 3.53. The Morgan fingerprint density at radius 3 is 2.43 bits per heavy atom. The molecule has 1 aliphatic heterocycles. The molecule has 0 bridgehead atoms. The number of hydrogen-bond acceptors (Lipinski definition) is 4. The van der Waals surface area contributed by atoms with Crippen molar-refractivity contribution in [2.24, 2.45) is 0 Å². The second-order valence-electron chi connectivity index (χ2n) is 5.49. The van der Waals surface area contributed by atoms with Gasteiger partial charge in [-0.05, 0) is 38.3 Å². The molecule has 0 atom stereocenters. The number of anilines is 2. The number of rotatable bonds is 2. The van der Waals surface area contributed by atoms with Crippen LogP contribution in [-0.2, 0) is 0 Å². The second kappa shape index (κ2) is 5.49. The molecule has 1 aliphatic rings. The molecule has 5 nitrogen and oxygen atoms in total. The molecule has 0 aliphatic carbocycles. The number of nitrogens with two attached hydrogens (primary N) is 1. The maximum atomic E-state index is 9.42. The van der Waals surface area contributed by atoms with Gasteiger partial charge in [0.25, 0.3) is 0 Å². The van der Waals surface area contributed by atoms with Crippen LogP contribution in [0.2, 0.25) is 0 Å². The van der Waals surface area contributed by atoms with Gasteiger partial charge in [0.15, 0.2) is 5.82 Å². The van der Waals surface area contributed by atoms with Gasteiger partial charge in [-0.25, -0.2) is 4.68 Å². The molecule has 0 amide bonds. The molecular weight excluding hydrogens is 262 g/mol. The van der Waals surface area contributed by atoms with E-state index < -0.39 is 0 Å². The van der Waals surface area contributed by atoms with Gasteiger partial charge >= 0.3 is 0 Å². The highest BCUT2D eigenvalue weighted by atomic mass is 15.4. The van der Waals surface area contributed by atoms with Crippen molar-refractivity contribution < 1.29 is 0 Å². The summed E-state index contributed by atoms with van der Waals surface area (Å²) in [6.07, 6.45) is 3.52. The fourth-order valence-electron chi connectivity index (χ4n) is 2.74. The number of aryl methyl sites for hydroxylation is 1. The van der Waals surface area contributed by atoms with Crippen LogP contribution in [0.5, 0.6) is 0 Å². The summed E-state index contributed by atoms with van der Waals surface area (Å²) in [4.78, 5) is 2.17. The average Bonchev–Trinajstić information content (AvgIpc) is 2.86. The SMILES string of the molecule is Cc1ccc(-n2nc(N3CCCCC3)c(C#N)c2N)cc1. The molecular formula is C16H19N5. The van der Waals surface area contributed by atoms with Crippen molar-refractivity contribution in [2.45, 2.75) is 26.2 Å². The summed E-state index contributed by atoms with van der Waals surface area (Å²) in [5, 5.41) is 14.0. The Morgan fingerprint density at radius 2 is 1.81 bits per heavy atom. The number of hydrogen-bond donors (Lipinski definition) is 1. The lowest BCUT2D eigenvalue weighted by Crippen LogP contribution is -2.30. The smallest absolute Gasteiger partial charge is 0.171 e. The molecule has 108 valence electrons. The lowest BCUT2D eigenvalue weighted by Gasteiger charge is -2.26. The fourth-order valence-corrected chi connectivity index (χ4v) is 2.74. The number of nitrogen functional groups attached to an aromatic ring is 1. The first-order chi connectivity index (χ1) is 10.2. The predicted octanol–water partition coefficient (Wildman–Crippen LogP) is 2.62. The van der Waals surface area contributed by atoms with Gasteiger partial charge in [-0.3, -0.25) is 0 Å². The van der Waals surface area contributed by atoms with Gasteiger partial charge in [-0.2, -0.15) is 5.26 Å². The normalized spacial score (nSPS) is 15.0. The largest absolute Gasteiger partial charge is 0.382 e. The molecule has 2 aromatic rings. The average molecular weight is 281 g/mol. The quantitative estimate of drug-likeness (QED) is 0.918. The fraction of sp³-hybridized carbons (Fsp3) is 0.375. The zero-order valence-corrected chi connectivity index (χ0v) is 12.2. The van der Waals surface area contributed by atoms with Crippen LogP contribution in [0.3, 0.4) is 0 Å². The van der Waals surface area contributed by atoms with E-state index in [9.17, 15) is 5.26 Å². The van der Waals surface area contributed by atoms with Crippen molar-refractivity contribution >= 4 is 11.6 Å². The van der Waals surface area contributed by atoms with Crippen molar-refractivity contribution in [3.8, 4) is 11.8 Å². The maximum absolute atomic E-state index is 9.42. The molecule has 5 heteroatoms. The van der Waals surface area contributed by atoms with E-state index in [1.807, 2.05) is 31.2 Å². The van der Waals surface area contributed by atoms with E-state index in [1.54, 1.807) is 4.68 Å². The highest BCUT2D eigenvalue weighted by Crippen LogP contribution is 2.29. The Morgan fingerprint density at radius 1 is 1.14 bits per heavy atom. The molecule has 3 rings (SSSR count). The monoisotopic (exact) mass is 281 g/mol. The maximum Gasteiger partial charge on any atom is 0.171 e. The zero-order chi connectivity index (χ0) is 14.8. The zero-order valence-electron chi connectivity index (χ0n) is 12.2. The first kappa shape index (κ1) is 13.5. The minimum absolute atomic E-state index is 0.418. The standard InChI is InChI=1S/C16H19N5/c1-12-5-7-13(8-6-12)21-15(18)14(11-17)16(19-21)20-9-3-2-4-10-20/h5-8H,2-4,9-10,18H2,1H3. The molecule has 1 aromatic carbocycles. The highest BCUT2D eigenvalue weighted by molar-refractivity contribution is 5.67. The topological polar surface area (TPSA) is 70.9 Å². The van der Waals surface area contributed by atoms with Gasteiger partial charge in [0.1, 0.15) is 17.5 Å². The van der Waals surface area contributed by atoms with Gasteiger partial charge in [-0.1, -0.05) is 17.7 Å². The van der Waals surface area contributed by atoms with Crippen molar-refractivity contribution in [3.05, 3.63) is 35.4 Å². The third-order valence-corrected chi connectivity index (χ3v) is 3.95. The number of aromatic nitrogens is 2. The molecule has 2 N–H and O–H groups in total. The van der Waals surface area contributed by atoms with Crippen LogP contribution in [0.1, 0.15) is 30.4 Å². The third kappa shape index (κ3) is 2.45. The lowest BCUT2D eigenvalue weighted by molar-refractivity contribution is 0.571. The van der Waals surface area contributed by atoms with Gasteiger partial charge < -0.3 is 10.6 Å². The lowest BCUT2D eigenvalue weighted by atomic mass is 10.1. The summed E-state index contributed by atoms with van der Waals surface area (Å²) in [5.41, 5.74) is 8.70. The second-order valence-corrected chi connectivity index (χ2v) is 5.49. The Bertz CT molecular complexity index is 672. The predicted molar refractivity (Wildman–Crippen MR) is 83.5 cm³/mol. The van der Waals surface area contributed by atoms with E-state index >= 15 is 0 Å². The van der Waals surface area contributed by atoms with Crippen LogP contribution in [0.4, 0.5) is 11.6 Å². The van der Waals surface area contributed by atoms with Crippen molar-refractivity contribution in [1.82, 2.24) is 9.78 Å². The summed E-state index contributed by atoms with van der Waals surface area (Å²) < 4.78 is 1.67. The van der Waals surface area contributed by atoms with Crippen LogP contribution in [-0.4, -0.2) is 22.9 Å². The summed E-state index contributed by atoms with van der Waals surface area (Å²) in [6, 6.07) is 10.2. The molecule has 2 heterocycles. The van der Waals surface area contributed by atoms with E-state index in [0.29, 0.717) is 11.4 Å². The van der Waals surface area contributed by atoms with Gasteiger partial charge in [0.05, 0.1) is 5.69 Å². The van der Waals surface area contributed by atoms with Gasteiger partial charge in [0, 0.05) is 13.1 Å². The van der Waals surface area contributed by atoms with Crippen LogP contribution in [0.15, 0.2) is 24.3 Å². The summed E-state index contributed by atoms with van der Waals surface area (Å²) >= 11 is 0. The van der Waals surface area contributed by atoms with Crippen LogP contribution in [0, 0.1) is 18.3 Å². The Hall–Kier alpha value is -2.48. The molecule has 0 radical (unpaired) electrons. The molecule has 0 unspecified atom stereocenters. The van der Waals surface area contributed by atoms with Gasteiger partial charge in [-0.15, -0.1) is 5.10 Å². The highest BCUT2D eigenvalue weighted by Gasteiger charge is 2.22. The van der Waals surface area contributed by atoms with E-state index in [2.05, 4.69) is 16.1 Å². The minimum Gasteiger partial charge on any atom is -0.382 e. The van der Waals surface area contributed by atoms with E-state index in [0.717, 1.165) is 37.4 Å². The molecule has 21 heavy (non-hydrogen) atoms. The summed E-state index contributed by atoms with van der Waals surface area (Å²) in [6.45, 7) is 3.92. The Balaban J connectivity index is 2.04. The van der Waals surface area contributed by atoms with E-state index in [1.165, 1.54) is 12.0 Å². The molecule has 1 aromatic heterocycles. The number of piperidine rings is 1. The number of nitrogens with zero attached hydrogens (tertiary/aromatic N) is 4. The van der Waals surface area contributed by atoms with Crippen LogP contribution < -0.4 is 10.6 Å². The molecule has 1 fully saturated rings. The van der Waals surface area contributed by atoms with E-state index in [4.69, 9.17) is 5.73 Å². The van der Waals surface area contributed by atoms with Crippen molar-refractivity contribution in [1.29, 1.82) is 5.26 Å². The summed E-state index contributed by atoms with van der Waals surface area (Å²) in [7, 11) is 0. The van der Waals surface area contributed by atoms with Crippen LogP contribution >= 0.6 is 0 Å². The Labute approximate surface area is 124 Å². The van der Waals surface area contributed by atoms with Gasteiger partial charge in [0.2, 0.25) is 0 Å². The van der Waals surface area contributed by atoms with Crippen molar-refractivity contribution in [2.75, 3.05) is 23.7 Å². The first-order valence-corrected chi connectivity index (χ1v) is 7.31. The molecule has 0 saturated carbocycles. The van der Waals surface area contributed by atoms with Crippen molar-refractivity contribution in [3.63, 3.8) is 0 Å². The summed E-state index contributed by atoms with van der Waals surface area (Å²) in [5.74, 6) is 1.14. The van der Waals surface area contributed by atoms with Crippen LogP contribution in [0.25, 0.3) is 5.69 Å². The minimum atomic E-state index is 0.418. The van der Waals surface area contributed by atoms with E-state index in [-0.39, 0.29) is 0 Å². The molecule has 0 spiro atoms. The third-order valence-electron chi connectivity index (χ3n) is 3.95. The molecule has 1 saturated heterocycles. The first-order valence-electron chi connectivity index (χ1n) is 7.31.